The first-order chi connectivity index (χ1) is 14.8. The van der Waals surface area contributed by atoms with E-state index in [1.54, 1.807) is 4.57 Å². The van der Waals surface area contributed by atoms with Crippen molar-refractivity contribution in [3.63, 3.8) is 0 Å². The third kappa shape index (κ3) is 4.49. The summed E-state index contributed by atoms with van der Waals surface area (Å²) in [5, 5.41) is 1.23. The lowest BCUT2D eigenvalue weighted by Crippen LogP contribution is -2.22. The molecule has 4 aromatic rings. The molecule has 1 heterocycles. The number of hydrogen-bond donors (Lipinski definition) is 0. The Morgan fingerprint density at radius 1 is 0.867 bits per heavy atom. The van der Waals surface area contributed by atoms with Crippen LogP contribution in [0.1, 0.15) is 6.92 Å². The monoisotopic (exact) mass is 418 g/mol. The van der Waals surface area contributed by atoms with Gasteiger partial charge in [-0.25, -0.2) is 4.98 Å². The second-order valence-corrected chi connectivity index (χ2v) is 7.55. The second kappa shape index (κ2) is 9.50. The van der Waals surface area contributed by atoms with E-state index >= 15 is 0 Å². The van der Waals surface area contributed by atoms with E-state index < -0.39 is 0 Å². The van der Waals surface area contributed by atoms with Crippen LogP contribution in [0.2, 0.25) is 0 Å². The molecule has 0 spiro atoms. The summed E-state index contributed by atoms with van der Waals surface area (Å²) >= 11 is 1.50. The normalized spacial score (nSPS) is 10.8. The molecule has 152 valence electrons. The summed E-state index contributed by atoms with van der Waals surface area (Å²) in [6.07, 6.45) is 0. The highest BCUT2D eigenvalue weighted by Gasteiger charge is 2.13. The van der Waals surface area contributed by atoms with E-state index in [0.29, 0.717) is 35.0 Å². The molecule has 6 heteroatoms. The quantitative estimate of drug-likeness (QED) is 0.230. The van der Waals surface area contributed by atoms with Crippen LogP contribution in [0.3, 0.4) is 0 Å². The van der Waals surface area contributed by atoms with Gasteiger partial charge in [0.1, 0.15) is 11.5 Å². The molecule has 0 bridgehead atoms. The van der Waals surface area contributed by atoms with Crippen molar-refractivity contribution in [1.82, 2.24) is 9.55 Å². The SMILES string of the molecule is CCOc1ccc(-n2c(SCCOc3ccccc3)nc3ccccc3c2=O)cc1. The van der Waals surface area contributed by atoms with Crippen LogP contribution in [0.25, 0.3) is 16.6 Å². The number of ether oxygens (including phenoxy) is 2. The van der Waals surface area contributed by atoms with Gasteiger partial charge >= 0.3 is 0 Å². The molecule has 0 saturated carbocycles. The van der Waals surface area contributed by atoms with Gasteiger partial charge in [-0.05, 0) is 55.5 Å². The van der Waals surface area contributed by atoms with Gasteiger partial charge in [0.2, 0.25) is 0 Å². The van der Waals surface area contributed by atoms with E-state index in [0.717, 1.165) is 17.2 Å². The number of rotatable bonds is 8. The van der Waals surface area contributed by atoms with Crippen molar-refractivity contribution in [3.05, 3.63) is 89.2 Å². The summed E-state index contributed by atoms with van der Waals surface area (Å²) in [5.74, 6) is 2.26. The van der Waals surface area contributed by atoms with Crippen LogP contribution in [0.5, 0.6) is 11.5 Å². The van der Waals surface area contributed by atoms with Gasteiger partial charge in [0, 0.05) is 5.75 Å². The van der Waals surface area contributed by atoms with Crippen molar-refractivity contribution in [1.29, 1.82) is 0 Å². The molecule has 0 radical (unpaired) electrons. The Bertz CT molecular complexity index is 1170. The highest BCUT2D eigenvalue weighted by atomic mass is 32.2. The van der Waals surface area contributed by atoms with E-state index in [9.17, 15) is 4.79 Å². The molecule has 0 aliphatic carbocycles. The van der Waals surface area contributed by atoms with Crippen molar-refractivity contribution >= 4 is 22.7 Å². The van der Waals surface area contributed by atoms with E-state index in [2.05, 4.69) is 0 Å². The Morgan fingerprint density at radius 2 is 1.57 bits per heavy atom. The fourth-order valence-electron chi connectivity index (χ4n) is 3.10. The molecule has 0 amide bonds. The summed E-state index contributed by atoms with van der Waals surface area (Å²) < 4.78 is 13.0. The first-order valence-corrected chi connectivity index (χ1v) is 10.8. The average Bonchev–Trinajstić information content (AvgIpc) is 2.79. The van der Waals surface area contributed by atoms with Crippen molar-refractivity contribution in [3.8, 4) is 17.2 Å². The van der Waals surface area contributed by atoms with Crippen LogP contribution in [-0.2, 0) is 0 Å². The minimum absolute atomic E-state index is 0.0868. The van der Waals surface area contributed by atoms with Gasteiger partial charge in [-0.1, -0.05) is 42.1 Å². The lowest BCUT2D eigenvalue weighted by atomic mass is 10.2. The van der Waals surface area contributed by atoms with E-state index in [-0.39, 0.29) is 5.56 Å². The number of benzene rings is 3. The van der Waals surface area contributed by atoms with Crippen molar-refractivity contribution in [2.45, 2.75) is 12.1 Å². The topological polar surface area (TPSA) is 53.4 Å². The van der Waals surface area contributed by atoms with E-state index in [1.165, 1.54) is 11.8 Å². The molecule has 4 rings (SSSR count). The maximum Gasteiger partial charge on any atom is 0.266 e. The molecule has 0 aliphatic heterocycles. The Morgan fingerprint density at radius 3 is 2.33 bits per heavy atom. The third-order valence-corrected chi connectivity index (χ3v) is 5.38. The zero-order valence-electron chi connectivity index (χ0n) is 16.7. The molecule has 0 saturated heterocycles. The molecule has 5 nitrogen and oxygen atoms in total. The largest absolute Gasteiger partial charge is 0.494 e. The van der Waals surface area contributed by atoms with Crippen molar-refractivity contribution in [2.24, 2.45) is 0 Å². The summed E-state index contributed by atoms with van der Waals surface area (Å²) in [6.45, 7) is 3.05. The lowest BCUT2D eigenvalue weighted by molar-refractivity contribution is 0.340. The molecular formula is C24H22N2O3S. The zero-order valence-corrected chi connectivity index (χ0v) is 17.5. The van der Waals surface area contributed by atoms with E-state index in [4.69, 9.17) is 14.5 Å². The lowest BCUT2D eigenvalue weighted by Gasteiger charge is -2.14. The second-order valence-electron chi connectivity index (χ2n) is 6.49. The highest BCUT2D eigenvalue weighted by molar-refractivity contribution is 7.99. The van der Waals surface area contributed by atoms with Crippen LogP contribution in [-0.4, -0.2) is 28.5 Å². The average molecular weight is 419 g/mol. The minimum atomic E-state index is -0.0868. The number of nitrogens with zero attached hydrogens (tertiary/aromatic N) is 2. The molecule has 0 N–H and O–H groups in total. The fourth-order valence-corrected chi connectivity index (χ4v) is 3.93. The van der Waals surface area contributed by atoms with Gasteiger partial charge in [-0.15, -0.1) is 0 Å². The van der Waals surface area contributed by atoms with Crippen LogP contribution >= 0.6 is 11.8 Å². The van der Waals surface area contributed by atoms with Crippen LogP contribution < -0.4 is 15.0 Å². The summed E-state index contributed by atoms with van der Waals surface area (Å²) in [7, 11) is 0. The number of para-hydroxylation sites is 2. The van der Waals surface area contributed by atoms with Gasteiger partial charge in [-0.2, -0.15) is 0 Å². The van der Waals surface area contributed by atoms with Crippen molar-refractivity contribution in [2.75, 3.05) is 19.0 Å². The summed E-state index contributed by atoms with van der Waals surface area (Å²) in [5.41, 5.74) is 1.36. The predicted molar refractivity (Wildman–Crippen MR) is 121 cm³/mol. The molecular weight excluding hydrogens is 396 g/mol. The molecule has 30 heavy (non-hydrogen) atoms. The zero-order chi connectivity index (χ0) is 20.8. The summed E-state index contributed by atoms with van der Waals surface area (Å²) in [4.78, 5) is 18.0. The maximum atomic E-state index is 13.3. The van der Waals surface area contributed by atoms with Gasteiger partial charge in [0.05, 0.1) is 29.8 Å². The fraction of sp³-hybridized carbons (Fsp3) is 0.167. The Kier molecular flexibility index (Phi) is 6.35. The predicted octanol–water partition coefficient (Wildman–Crippen LogP) is 4.96. The molecule has 3 aromatic carbocycles. The molecule has 0 fully saturated rings. The molecule has 0 aliphatic rings. The maximum absolute atomic E-state index is 13.3. The van der Waals surface area contributed by atoms with E-state index in [1.807, 2.05) is 85.8 Å². The molecule has 1 aromatic heterocycles. The molecule has 0 unspecified atom stereocenters. The van der Waals surface area contributed by atoms with Gasteiger partial charge in [-0.3, -0.25) is 9.36 Å². The number of hydrogen-bond acceptors (Lipinski definition) is 5. The van der Waals surface area contributed by atoms with Crippen LogP contribution in [0, 0.1) is 0 Å². The van der Waals surface area contributed by atoms with Gasteiger partial charge < -0.3 is 9.47 Å². The van der Waals surface area contributed by atoms with Gasteiger partial charge in [0.15, 0.2) is 5.16 Å². The van der Waals surface area contributed by atoms with Crippen molar-refractivity contribution < 1.29 is 9.47 Å². The summed E-state index contributed by atoms with van der Waals surface area (Å²) in [6, 6.07) is 24.6. The number of aromatic nitrogens is 2. The number of thioether (sulfide) groups is 1. The Balaban J connectivity index is 1.63. The van der Waals surface area contributed by atoms with Crippen LogP contribution in [0.15, 0.2) is 88.8 Å². The minimum Gasteiger partial charge on any atom is -0.494 e. The number of fused-ring (bicyclic) bond motifs is 1. The van der Waals surface area contributed by atoms with Crippen LogP contribution in [0.4, 0.5) is 0 Å². The first-order valence-electron chi connectivity index (χ1n) is 9.82. The molecule has 0 atom stereocenters. The Labute approximate surface area is 179 Å². The Hall–Kier alpha value is -3.25. The third-order valence-electron chi connectivity index (χ3n) is 4.48. The first kappa shape index (κ1) is 20.0. The highest BCUT2D eigenvalue weighted by Crippen LogP contribution is 2.23. The smallest absolute Gasteiger partial charge is 0.266 e. The standard InChI is InChI=1S/C24H22N2O3S/c1-2-28-20-14-12-18(13-15-20)26-23(27)21-10-6-7-11-22(21)25-24(26)30-17-16-29-19-8-4-3-5-9-19/h3-15H,2,16-17H2,1H3. The van der Waals surface area contributed by atoms with Gasteiger partial charge in [0.25, 0.3) is 5.56 Å².